The Morgan fingerprint density at radius 3 is 2.85 bits per heavy atom. The van der Waals surface area contributed by atoms with Crippen molar-refractivity contribution < 1.29 is 4.79 Å². The molecule has 106 valence electrons. The Labute approximate surface area is 118 Å². The van der Waals surface area contributed by atoms with Crippen molar-refractivity contribution in [1.29, 1.82) is 0 Å². The zero-order chi connectivity index (χ0) is 14.1. The molecule has 5 nitrogen and oxygen atoms in total. The average molecular weight is 272 g/mol. The van der Waals surface area contributed by atoms with Crippen LogP contribution >= 0.6 is 0 Å². The molecule has 1 fully saturated rings. The molecule has 0 saturated heterocycles. The molecule has 0 aliphatic heterocycles. The number of aromatic amines is 1. The number of fused-ring (bicyclic) bond motifs is 1. The van der Waals surface area contributed by atoms with Gasteiger partial charge in [0.15, 0.2) is 0 Å². The molecule has 1 aliphatic carbocycles. The average Bonchev–Trinajstić information content (AvgIpc) is 2.82. The molecule has 3 N–H and O–H groups in total. The van der Waals surface area contributed by atoms with E-state index in [1.807, 2.05) is 0 Å². The van der Waals surface area contributed by atoms with E-state index in [0.717, 1.165) is 35.1 Å². The maximum absolute atomic E-state index is 11.1. The Morgan fingerprint density at radius 1 is 1.40 bits per heavy atom. The highest BCUT2D eigenvalue weighted by Crippen LogP contribution is 2.30. The molecule has 2 aromatic rings. The maximum Gasteiger partial charge on any atom is 0.267 e. The minimum absolute atomic E-state index is 0.266. The van der Waals surface area contributed by atoms with Crippen LogP contribution in [0.25, 0.3) is 11.0 Å². The van der Waals surface area contributed by atoms with Gasteiger partial charge >= 0.3 is 0 Å². The zero-order valence-corrected chi connectivity index (χ0v) is 11.7. The third kappa shape index (κ3) is 2.66. The van der Waals surface area contributed by atoms with E-state index in [0.29, 0.717) is 0 Å². The standard InChI is InChI=1S/C15H20N4O/c1-9-2-4-10(5-3-9)6-14-18-11-7-12(15(16)20)17-8-13(11)19-14/h7-10H,2-6H2,1H3,(H2,16,20)(H,18,19). The monoisotopic (exact) mass is 272 g/mol. The summed E-state index contributed by atoms with van der Waals surface area (Å²) in [6.45, 7) is 2.33. The topological polar surface area (TPSA) is 84.7 Å². The molecule has 1 aliphatic rings. The normalized spacial score (nSPS) is 23.1. The molecule has 1 amide bonds. The molecular weight excluding hydrogens is 252 g/mol. The molecule has 0 spiro atoms. The SMILES string of the molecule is CC1CCC(Cc2nc3cc(C(N)=O)ncc3[nH]2)CC1. The molecule has 2 heterocycles. The number of carbonyl (C=O) groups excluding carboxylic acids is 1. The van der Waals surface area contributed by atoms with Gasteiger partial charge < -0.3 is 10.7 Å². The van der Waals surface area contributed by atoms with Crippen LogP contribution < -0.4 is 5.73 Å². The van der Waals surface area contributed by atoms with Crippen molar-refractivity contribution in [3.8, 4) is 0 Å². The minimum atomic E-state index is -0.516. The number of nitrogens with two attached hydrogens (primary N) is 1. The van der Waals surface area contributed by atoms with E-state index in [1.54, 1.807) is 12.3 Å². The molecule has 0 radical (unpaired) electrons. The van der Waals surface area contributed by atoms with Crippen LogP contribution in [-0.2, 0) is 6.42 Å². The summed E-state index contributed by atoms with van der Waals surface area (Å²) in [4.78, 5) is 23.0. The van der Waals surface area contributed by atoms with Crippen LogP contribution in [0, 0.1) is 11.8 Å². The lowest BCUT2D eigenvalue weighted by molar-refractivity contribution is 0.0996. The van der Waals surface area contributed by atoms with E-state index >= 15 is 0 Å². The first-order valence-electron chi connectivity index (χ1n) is 7.26. The number of H-pyrrole nitrogens is 1. The Bertz CT molecular complexity index is 626. The van der Waals surface area contributed by atoms with Gasteiger partial charge in [-0.05, 0) is 30.7 Å². The summed E-state index contributed by atoms with van der Waals surface area (Å²) < 4.78 is 0. The smallest absolute Gasteiger partial charge is 0.267 e. The number of hydrogen-bond donors (Lipinski definition) is 2. The summed E-state index contributed by atoms with van der Waals surface area (Å²) in [6.07, 6.45) is 7.81. The van der Waals surface area contributed by atoms with Crippen LogP contribution in [0.2, 0.25) is 0 Å². The number of hydrogen-bond acceptors (Lipinski definition) is 3. The van der Waals surface area contributed by atoms with Crippen molar-refractivity contribution >= 4 is 16.9 Å². The van der Waals surface area contributed by atoms with Crippen LogP contribution in [0.1, 0.15) is 48.9 Å². The highest BCUT2D eigenvalue weighted by Gasteiger charge is 2.19. The fourth-order valence-corrected chi connectivity index (χ4v) is 3.00. The lowest BCUT2D eigenvalue weighted by Crippen LogP contribution is -2.14. The van der Waals surface area contributed by atoms with Gasteiger partial charge in [-0.2, -0.15) is 0 Å². The number of imidazole rings is 1. The molecular formula is C15H20N4O. The number of nitrogens with one attached hydrogen (secondary N) is 1. The van der Waals surface area contributed by atoms with E-state index in [2.05, 4.69) is 21.9 Å². The number of pyridine rings is 1. The summed E-state index contributed by atoms with van der Waals surface area (Å²) in [6, 6.07) is 1.65. The Balaban J connectivity index is 1.77. The fraction of sp³-hybridized carbons (Fsp3) is 0.533. The van der Waals surface area contributed by atoms with E-state index in [-0.39, 0.29) is 5.69 Å². The lowest BCUT2D eigenvalue weighted by atomic mass is 9.81. The summed E-state index contributed by atoms with van der Waals surface area (Å²) >= 11 is 0. The fourth-order valence-electron chi connectivity index (χ4n) is 3.00. The van der Waals surface area contributed by atoms with E-state index in [9.17, 15) is 4.79 Å². The van der Waals surface area contributed by atoms with Crippen LogP contribution in [0.5, 0.6) is 0 Å². The molecule has 5 heteroatoms. The van der Waals surface area contributed by atoms with E-state index in [1.165, 1.54) is 25.7 Å². The number of rotatable bonds is 3. The number of nitrogens with zero attached hydrogens (tertiary/aromatic N) is 2. The third-order valence-corrected chi connectivity index (χ3v) is 4.29. The second kappa shape index (κ2) is 5.23. The molecule has 0 atom stereocenters. The van der Waals surface area contributed by atoms with Crippen molar-refractivity contribution in [2.75, 3.05) is 0 Å². The molecule has 20 heavy (non-hydrogen) atoms. The number of primary amides is 1. The van der Waals surface area contributed by atoms with Crippen LogP contribution in [0.15, 0.2) is 12.3 Å². The van der Waals surface area contributed by atoms with Gasteiger partial charge in [-0.15, -0.1) is 0 Å². The van der Waals surface area contributed by atoms with Crippen molar-refractivity contribution in [3.63, 3.8) is 0 Å². The van der Waals surface area contributed by atoms with Crippen molar-refractivity contribution in [2.24, 2.45) is 17.6 Å². The van der Waals surface area contributed by atoms with E-state index in [4.69, 9.17) is 5.73 Å². The Kier molecular flexibility index (Phi) is 3.42. The van der Waals surface area contributed by atoms with Crippen LogP contribution in [0.4, 0.5) is 0 Å². The third-order valence-electron chi connectivity index (χ3n) is 4.29. The number of carbonyl (C=O) groups is 1. The molecule has 0 unspecified atom stereocenters. The van der Waals surface area contributed by atoms with Crippen LogP contribution in [-0.4, -0.2) is 20.9 Å². The number of amides is 1. The van der Waals surface area contributed by atoms with Gasteiger partial charge in [-0.1, -0.05) is 19.8 Å². The molecule has 2 aromatic heterocycles. The summed E-state index contributed by atoms with van der Waals surface area (Å²) in [7, 11) is 0. The summed E-state index contributed by atoms with van der Waals surface area (Å²) in [5, 5.41) is 0. The molecule has 3 rings (SSSR count). The van der Waals surface area contributed by atoms with Crippen LogP contribution in [0.3, 0.4) is 0 Å². The predicted octanol–water partition coefficient (Wildman–Crippen LogP) is 2.43. The second-order valence-electron chi connectivity index (χ2n) is 5.96. The van der Waals surface area contributed by atoms with Gasteiger partial charge in [0.2, 0.25) is 0 Å². The lowest BCUT2D eigenvalue weighted by Gasteiger charge is -2.25. The Hall–Kier alpha value is -1.91. The van der Waals surface area contributed by atoms with E-state index < -0.39 is 5.91 Å². The van der Waals surface area contributed by atoms with Gasteiger partial charge in [0.1, 0.15) is 11.5 Å². The molecule has 1 saturated carbocycles. The zero-order valence-electron chi connectivity index (χ0n) is 11.7. The first-order valence-corrected chi connectivity index (χ1v) is 7.26. The largest absolute Gasteiger partial charge is 0.364 e. The van der Waals surface area contributed by atoms with Gasteiger partial charge in [0.25, 0.3) is 5.91 Å². The highest BCUT2D eigenvalue weighted by molar-refractivity contribution is 5.93. The maximum atomic E-state index is 11.1. The quantitative estimate of drug-likeness (QED) is 0.899. The predicted molar refractivity (Wildman–Crippen MR) is 77.2 cm³/mol. The number of aromatic nitrogens is 3. The summed E-state index contributed by atoms with van der Waals surface area (Å²) in [5.74, 6) is 2.06. The van der Waals surface area contributed by atoms with Gasteiger partial charge in [0, 0.05) is 6.42 Å². The minimum Gasteiger partial charge on any atom is -0.364 e. The van der Waals surface area contributed by atoms with Gasteiger partial charge in [0.05, 0.1) is 17.2 Å². The first kappa shape index (κ1) is 13.1. The molecule has 0 aromatic carbocycles. The Morgan fingerprint density at radius 2 is 2.15 bits per heavy atom. The first-order chi connectivity index (χ1) is 9.61. The van der Waals surface area contributed by atoms with Crippen molar-refractivity contribution in [1.82, 2.24) is 15.0 Å². The highest BCUT2D eigenvalue weighted by atomic mass is 16.1. The van der Waals surface area contributed by atoms with Crippen molar-refractivity contribution in [3.05, 3.63) is 23.8 Å². The van der Waals surface area contributed by atoms with Gasteiger partial charge in [-0.25, -0.2) is 9.97 Å². The summed E-state index contributed by atoms with van der Waals surface area (Å²) in [5.41, 5.74) is 7.14. The molecule has 0 bridgehead atoms. The second-order valence-corrected chi connectivity index (χ2v) is 5.96. The van der Waals surface area contributed by atoms with Crippen molar-refractivity contribution in [2.45, 2.75) is 39.0 Å². The van der Waals surface area contributed by atoms with Gasteiger partial charge in [-0.3, -0.25) is 4.79 Å².